The molecule has 0 aromatic heterocycles. The van der Waals surface area contributed by atoms with Gasteiger partial charge in [0.05, 0.1) is 0 Å². The number of nitrogens with one attached hydrogen (secondary N) is 1. The summed E-state index contributed by atoms with van der Waals surface area (Å²) in [6, 6.07) is 7.19. The van der Waals surface area contributed by atoms with Crippen LogP contribution in [0.4, 0.5) is 0 Å². The zero-order valence-corrected chi connectivity index (χ0v) is 12.1. The molecular weight excluding hydrogens is 232 g/mol. The van der Waals surface area contributed by atoms with Crippen molar-refractivity contribution in [3.63, 3.8) is 0 Å². The predicted molar refractivity (Wildman–Crippen MR) is 80.6 cm³/mol. The smallest absolute Gasteiger partial charge is 0.00311 e. The summed E-state index contributed by atoms with van der Waals surface area (Å²) in [5.74, 6) is 0.883. The van der Waals surface area contributed by atoms with Crippen LogP contribution >= 0.6 is 0 Å². The Morgan fingerprint density at radius 1 is 1.16 bits per heavy atom. The van der Waals surface area contributed by atoms with Crippen molar-refractivity contribution in [3.8, 4) is 0 Å². The summed E-state index contributed by atoms with van der Waals surface area (Å²) < 4.78 is 0. The third-order valence-corrected chi connectivity index (χ3v) is 4.63. The van der Waals surface area contributed by atoms with E-state index in [9.17, 15) is 0 Å². The van der Waals surface area contributed by atoms with Gasteiger partial charge in [-0.05, 0) is 61.8 Å². The van der Waals surface area contributed by atoms with Gasteiger partial charge in [0.1, 0.15) is 0 Å². The molecule has 0 bridgehead atoms. The Bertz CT molecular complexity index is 423. The minimum Gasteiger partial charge on any atom is -0.316 e. The van der Waals surface area contributed by atoms with E-state index in [4.69, 9.17) is 0 Å². The van der Waals surface area contributed by atoms with Crippen LogP contribution in [0.3, 0.4) is 0 Å². The molecular formula is C17H26N2. The molecule has 1 aliphatic heterocycles. The highest BCUT2D eigenvalue weighted by Crippen LogP contribution is 2.22. The summed E-state index contributed by atoms with van der Waals surface area (Å²) in [6.07, 6.45) is 6.55. The number of hydrogen-bond acceptors (Lipinski definition) is 2. The molecule has 0 radical (unpaired) electrons. The molecule has 0 amide bonds. The van der Waals surface area contributed by atoms with E-state index in [1.807, 2.05) is 0 Å². The minimum absolute atomic E-state index is 0.883. The van der Waals surface area contributed by atoms with Crippen LogP contribution in [0.15, 0.2) is 18.2 Å². The zero-order valence-electron chi connectivity index (χ0n) is 12.1. The van der Waals surface area contributed by atoms with E-state index < -0.39 is 0 Å². The number of hydrogen-bond donors (Lipinski definition) is 1. The lowest BCUT2D eigenvalue weighted by molar-refractivity contribution is 0.226. The first-order chi connectivity index (χ1) is 9.31. The number of fused-ring (bicyclic) bond motifs is 1. The number of benzene rings is 1. The molecule has 3 rings (SSSR count). The van der Waals surface area contributed by atoms with Crippen LogP contribution in [0.2, 0.25) is 0 Å². The lowest BCUT2D eigenvalue weighted by atomic mass is 9.90. The van der Waals surface area contributed by atoms with Crippen LogP contribution in [0.5, 0.6) is 0 Å². The Hall–Kier alpha value is -0.860. The Morgan fingerprint density at radius 3 is 2.68 bits per heavy atom. The molecule has 2 heteroatoms. The van der Waals surface area contributed by atoms with Gasteiger partial charge in [0.15, 0.2) is 0 Å². The summed E-state index contributed by atoms with van der Waals surface area (Å²) in [6.45, 7) is 4.86. The zero-order chi connectivity index (χ0) is 13.1. The van der Waals surface area contributed by atoms with Gasteiger partial charge in [0.25, 0.3) is 0 Å². The standard InChI is InChI=1S/C17H26N2/c1-19(13-15-11-18-12-15)9-8-14-6-7-16-4-2-3-5-17(16)10-14/h6-7,10,15,18H,2-5,8-9,11-13H2,1H3. The van der Waals surface area contributed by atoms with E-state index in [0.717, 1.165) is 5.92 Å². The second kappa shape index (κ2) is 6.06. The van der Waals surface area contributed by atoms with Crippen molar-refractivity contribution in [2.24, 2.45) is 5.92 Å². The number of rotatable bonds is 5. The summed E-state index contributed by atoms with van der Waals surface area (Å²) in [5.41, 5.74) is 4.75. The molecule has 0 saturated carbocycles. The molecule has 2 aliphatic rings. The number of aryl methyl sites for hydroxylation is 2. The average molecular weight is 258 g/mol. The highest BCUT2D eigenvalue weighted by atomic mass is 15.1. The van der Waals surface area contributed by atoms with Gasteiger partial charge in [-0.2, -0.15) is 0 Å². The maximum atomic E-state index is 3.35. The van der Waals surface area contributed by atoms with Crippen LogP contribution in [0, 0.1) is 5.92 Å². The fraction of sp³-hybridized carbons (Fsp3) is 0.647. The monoisotopic (exact) mass is 258 g/mol. The molecule has 1 aromatic rings. The van der Waals surface area contributed by atoms with E-state index in [0.29, 0.717) is 0 Å². The Kier molecular flexibility index (Phi) is 4.19. The molecule has 1 fully saturated rings. The minimum atomic E-state index is 0.883. The molecule has 19 heavy (non-hydrogen) atoms. The predicted octanol–water partition coefficient (Wildman–Crippen LogP) is 2.26. The van der Waals surface area contributed by atoms with Crippen LogP contribution in [-0.4, -0.2) is 38.1 Å². The number of likely N-dealkylation sites (N-methyl/N-ethyl adjacent to an activating group) is 1. The Balaban J connectivity index is 1.51. The van der Waals surface area contributed by atoms with Crippen molar-refractivity contribution in [1.82, 2.24) is 10.2 Å². The third kappa shape index (κ3) is 3.37. The van der Waals surface area contributed by atoms with Crippen molar-refractivity contribution < 1.29 is 0 Å². The van der Waals surface area contributed by atoms with Gasteiger partial charge in [-0.3, -0.25) is 0 Å². The maximum absolute atomic E-state index is 3.35. The lowest BCUT2D eigenvalue weighted by Crippen LogP contribution is -2.47. The highest BCUT2D eigenvalue weighted by Gasteiger charge is 2.18. The molecule has 0 atom stereocenters. The molecule has 104 valence electrons. The van der Waals surface area contributed by atoms with E-state index >= 15 is 0 Å². The average Bonchev–Trinajstić information content (AvgIpc) is 2.40. The van der Waals surface area contributed by atoms with Gasteiger partial charge in [0.2, 0.25) is 0 Å². The van der Waals surface area contributed by atoms with E-state index in [1.54, 1.807) is 11.1 Å². The van der Waals surface area contributed by atoms with Gasteiger partial charge >= 0.3 is 0 Å². The van der Waals surface area contributed by atoms with Gasteiger partial charge in [0, 0.05) is 26.2 Å². The fourth-order valence-corrected chi connectivity index (χ4v) is 3.27. The van der Waals surface area contributed by atoms with Crippen molar-refractivity contribution in [1.29, 1.82) is 0 Å². The molecule has 1 aliphatic carbocycles. The van der Waals surface area contributed by atoms with Crippen LogP contribution in [0.1, 0.15) is 29.5 Å². The van der Waals surface area contributed by atoms with Gasteiger partial charge < -0.3 is 10.2 Å². The first kappa shape index (κ1) is 13.1. The van der Waals surface area contributed by atoms with Gasteiger partial charge in [-0.25, -0.2) is 0 Å². The summed E-state index contributed by atoms with van der Waals surface area (Å²) >= 11 is 0. The molecule has 0 unspecified atom stereocenters. The molecule has 1 heterocycles. The Labute approximate surface area is 117 Å². The molecule has 1 N–H and O–H groups in total. The third-order valence-electron chi connectivity index (χ3n) is 4.63. The first-order valence-electron chi connectivity index (χ1n) is 7.81. The molecule has 0 spiro atoms. The normalized spacial score (nSPS) is 19.3. The summed E-state index contributed by atoms with van der Waals surface area (Å²) in [5, 5.41) is 3.35. The van der Waals surface area contributed by atoms with Gasteiger partial charge in [-0.15, -0.1) is 0 Å². The second-order valence-electron chi connectivity index (χ2n) is 6.35. The van der Waals surface area contributed by atoms with Gasteiger partial charge in [-0.1, -0.05) is 18.2 Å². The second-order valence-corrected chi connectivity index (χ2v) is 6.35. The van der Waals surface area contributed by atoms with Crippen molar-refractivity contribution >= 4 is 0 Å². The highest BCUT2D eigenvalue weighted by molar-refractivity contribution is 5.33. The summed E-state index contributed by atoms with van der Waals surface area (Å²) in [7, 11) is 2.26. The first-order valence-corrected chi connectivity index (χ1v) is 7.81. The fourth-order valence-electron chi connectivity index (χ4n) is 3.27. The Morgan fingerprint density at radius 2 is 1.95 bits per heavy atom. The van der Waals surface area contributed by atoms with E-state index in [2.05, 4.69) is 35.5 Å². The lowest BCUT2D eigenvalue weighted by Gasteiger charge is -2.31. The molecule has 2 nitrogen and oxygen atoms in total. The largest absolute Gasteiger partial charge is 0.316 e. The quantitative estimate of drug-likeness (QED) is 0.871. The number of nitrogens with zero attached hydrogens (tertiary/aromatic N) is 1. The molecule has 1 aromatic carbocycles. The van der Waals surface area contributed by atoms with Crippen molar-refractivity contribution in [2.75, 3.05) is 33.2 Å². The van der Waals surface area contributed by atoms with E-state index in [1.165, 1.54) is 63.8 Å². The van der Waals surface area contributed by atoms with Crippen molar-refractivity contribution in [2.45, 2.75) is 32.1 Å². The van der Waals surface area contributed by atoms with Crippen LogP contribution in [0.25, 0.3) is 0 Å². The van der Waals surface area contributed by atoms with Crippen LogP contribution < -0.4 is 5.32 Å². The van der Waals surface area contributed by atoms with E-state index in [-0.39, 0.29) is 0 Å². The SMILES string of the molecule is CN(CCc1ccc2c(c1)CCCC2)CC1CNC1. The molecule has 1 saturated heterocycles. The van der Waals surface area contributed by atoms with Crippen LogP contribution in [-0.2, 0) is 19.3 Å². The summed E-state index contributed by atoms with van der Waals surface area (Å²) in [4.78, 5) is 2.49. The topological polar surface area (TPSA) is 15.3 Å². The van der Waals surface area contributed by atoms with Crippen molar-refractivity contribution in [3.05, 3.63) is 34.9 Å². The maximum Gasteiger partial charge on any atom is 0.00311 e.